The van der Waals surface area contributed by atoms with Crippen molar-refractivity contribution in [3.05, 3.63) is 92.6 Å². The van der Waals surface area contributed by atoms with E-state index in [4.69, 9.17) is 0 Å². The van der Waals surface area contributed by atoms with E-state index in [2.05, 4.69) is 126 Å². The van der Waals surface area contributed by atoms with Gasteiger partial charge in [0.25, 0.3) is 0 Å². The van der Waals surface area contributed by atoms with Gasteiger partial charge in [-0.2, -0.15) is 0 Å². The minimum atomic E-state index is 0.121. The first-order valence-electron chi connectivity index (χ1n) is 17.4. The molecule has 0 radical (unpaired) electrons. The maximum atomic E-state index is 2.72. The van der Waals surface area contributed by atoms with E-state index in [0.29, 0.717) is 11.8 Å². The fourth-order valence-corrected chi connectivity index (χ4v) is 9.75. The van der Waals surface area contributed by atoms with E-state index in [1.807, 2.05) is 5.57 Å². The molecule has 0 aromatic heterocycles. The predicted octanol–water partition coefficient (Wildman–Crippen LogP) is 12.5. The minimum absolute atomic E-state index is 0.121. The molecule has 0 amide bonds. The molecule has 0 spiro atoms. The third kappa shape index (κ3) is 4.85. The molecular weight excluding hydrogens is 516 g/mol. The van der Waals surface area contributed by atoms with Crippen molar-refractivity contribution < 1.29 is 0 Å². The van der Waals surface area contributed by atoms with Gasteiger partial charge in [-0.3, -0.25) is 0 Å². The summed E-state index contributed by atoms with van der Waals surface area (Å²) in [5, 5.41) is 0. The smallest absolute Gasteiger partial charge is 0.0199 e. The zero-order valence-electron chi connectivity index (χ0n) is 29.5. The van der Waals surface area contributed by atoms with Crippen LogP contribution in [-0.2, 0) is 10.8 Å². The van der Waals surface area contributed by atoms with Gasteiger partial charge in [0, 0.05) is 11.3 Å². The number of fused-ring (bicyclic) bond motifs is 3. The molecule has 4 aliphatic rings. The van der Waals surface area contributed by atoms with E-state index in [1.165, 1.54) is 71.9 Å². The van der Waals surface area contributed by atoms with Crippen LogP contribution >= 0.6 is 0 Å². The Morgan fingerprint density at radius 1 is 0.744 bits per heavy atom. The highest BCUT2D eigenvalue weighted by molar-refractivity contribution is 5.82. The van der Waals surface area contributed by atoms with Gasteiger partial charge in [-0.15, -0.1) is 0 Å². The Morgan fingerprint density at radius 2 is 1.30 bits per heavy atom. The van der Waals surface area contributed by atoms with Crippen LogP contribution in [0.4, 0.5) is 0 Å². The van der Waals surface area contributed by atoms with Gasteiger partial charge in [0.15, 0.2) is 0 Å². The molecule has 0 saturated heterocycles. The third-order valence-electron chi connectivity index (χ3n) is 12.0. The average Bonchev–Trinajstić information content (AvgIpc) is 3.56. The standard InChI is InChI=1S/C43H58/c1-13-43(25-35(28-17-15-14-16-18-28)32-21-29(22-38(32)43)40(4,5)6)39-33-19-26(2)36(41(7,8)9)23-30(33)31-24-37(42(10,11)12)27(3)20-34(31)39/h14-15,19-20,22-24,28,35,39H,13,16-18,21,25H2,1-12H3. The van der Waals surface area contributed by atoms with E-state index in [9.17, 15) is 0 Å². The van der Waals surface area contributed by atoms with Gasteiger partial charge in [0.05, 0.1) is 0 Å². The van der Waals surface area contributed by atoms with Crippen LogP contribution in [0.25, 0.3) is 11.1 Å². The average molecular weight is 575 g/mol. The Morgan fingerprint density at radius 3 is 1.74 bits per heavy atom. The fourth-order valence-electron chi connectivity index (χ4n) is 9.75. The lowest BCUT2D eigenvalue weighted by atomic mass is 9.62. The van der Waals surface area contributed by atoms with Crippen molar-refractivity contribution in [1.82, 2.24) is 0 Å². The molecule has 3 atom stereocenters. The second-order valence-electron chi connectivity index (χ2n) is 17.8. The highest BCUT2D eigenvalue weighted by atomic mass is 14.6. The van der Waals surface area contributed by atoms with Crippen molar-refractivity contribution in [3.63, 3.8) is 0 Å². The molecule has 2 aromatic rings. The first-order valence-corrected chi connectivity index (χ1v) is 17.4. The highest BCUT2D eigenvalue weighted by Gasteiger charge is 2.55. The summed E-state index contributed by atoms with van der Waals surface area (Å²) in [6.07, 6.45) is 15.2. The fraction of sp³-hybridized carbons (Fsp3) is 0.581. The Hall–Kier alpha value is -2.34. The molecule has 230 valence electrons. The summed E-state index contributed by atoms with van der Waals surface area (Å²) >= 11 is 0. The van der Waals surface area contributed by atoms with Gasteiger partial charge in [-0.05, 0) is 131 Å². The molecule has 0 heteroatoms. The van der Waals surface area contributed by atoms with Crippen molar-refractivity contribution in [3.8, 4) is 11.1 Å². The van der Waals surface area contributed by atoms with E-state index < -0.39 is 0 Å². The van der Waals surface area contributed by atoms with Crippen molar-refractivity contribution in [2.45, 2.75) is 138 Å². The molecule has 3 unspecified atom stereocenters. The molecule has 2 aromatic carbocycles. The first kappa shape index (κ1) is 30.7. The number of hydrogen-bond acceptors (Lipinski definition) is 0. The first-order chi connectivity index (χ1) is 20.0. The Kier molecular flexibility index (Phi) is 7.20. The molecule has 43 heavy (non-hydrogen) atoms. The van der Waals surface area contributed by atoms with E-state index in [1.54, 1.807) is 22.3 Å². The SMILES string of the molecule is CCC1(C2c3cc(C)c(C(C)(C)C)cc3-c3cc(C(C)(C)C)c(C)cc32)CC(C2CC=CCC2)C2=C1C=C(C(C)(C)C)C2. The zero-order valence-corrected chi connectivity index (χ0v) is 29.5. The maximum absolute atomic E-state index is 2.72. The lowest BCUT2D eigenvalue weighted by Crippen LogP contribution is -2.30. The van der Waals surface area contributed by atoms with Crippen molar-refractivity contribution in [1.29, 1.82) is 0 Å². The molecule has 4 aliphatic carbocycles. The predicted molar refractivity (Wildman–Crippen MR) is 187 cm³/mol. The zero-order chi connectivity index (χ0) is 31.3. The molecule has 0 nitrogen and oxygen atoms in total. The van der Waals surface area contributed by atoms with Gasteiger partial charge in [0.2, 0.25) is 0 Å². The lowest BCUT2D eigenvalue weighted by molar-refractivity contribution is 0.228. The van der Waals surface area contributed by atoms with Crippen LogP contribution in [0.5, 0.6) is 0 Å². The van der Waals surface area contributed by atoms with E-state index in [-0.39, 0.29) is 21.7 Å². The van der Waals surface area contributed by atoms with Crippen molar-refractivity contribution >= 4 is 0 Å². The number of benzene rings is 2. The van der Waals surface area contributed by atoms with Crippen LogP contribution in [0.3, 0.4) is 0 Å². The Labute approximate surface area is 264 Å². The number of allylic oxidation sites excluding steroid dienone is 6. The summed E-state index contributed by atoms with van der Waals surface area (Å²) in [7, 11) is 0. The summed E-state index contributed by atoms with van der Waals surface area (Å²) in [5.74, 6) is 1.90. The normalized spacial score (nSPS) is 25.7. The maximum Gasteiger partial charge on any atom is 0.0199 e. The number of aryl methyl sites for hydroxylation is 2. The second kappa shape index (κ2) is 10.1. The highest BCUT2D eigenvalue weighted by Crippen LogP contribution is 2.68. The number of hydrogen-bond donors (Lipinski definition) is 0. The van der Waals surface area contributed by atoms with E-state index >= 15 is 0 Å². The largest absolute Gasteiger partial charge is 0.0885 e. The summed E-state index contributed by atoms with van der Waals surface area (Å²) < 4.78 is 0. The molecule has 0 bridgehead atoms. The lowest BCUT2D eigenvalue weighted by Gasteiger charge is -2.41. The molecular formula is C43H58. The van der Waals surface area contributed by atoms with Crippen LogP contribution < -0.4 is 0 Å². The number of rotatable bonds is 3. The van der Waals surface area contributed by atoms with Crippen LogP contribution in [0.1, 0.15) is 147 Å². The van der Waals surface area contributed by atoms with E-state index in [0.717, 1.165) is 5.92 Å². The van der Waals surface area contributed by atoms with Crippen molar-refractivity contribution in [2.24, 2.45) is 22.7 Å². The summed E-state index contributed by atoms with van der Waals surface area (Å²) in [6.45, 7) is 28.8. The molecule has 6 rings (SSSR count). The van der Waals surface area contributed by atoms with Gasteiger partial charge in [-0.1, -0.05) is 123 Å². The molecule has 0 heterocycles. The van der Waals surface area contributed by atoms with Gasteiger partial charge in [-0.25, -0.2) is 0 Å². The third-order valence-corrected chi connectivity index (χ3v) is 12.0. The molecule has 0 saturated carbocycles. The van der Waals surface area contributed by atoms with Crippen molar-refractivity contribution in [2.75, 3.05) is 0 Å². The second-order valence-corrected chi connectivity index (χ2v) is 17.8. The van der Waals surface area contributed by atoms with Gasteiger partial charge >= 0.3 is 0 Å². The quantitative estimate of drug-likeness (QED) is 0.320. The summed E-state index contributed by atoms with van der Waals surface area (Å²) in [5.41, 5.74) is 17.9. The molecule has 0 N–H and O–H groups in total. The molecule has 0 aliphatic heterocycles. The molecule has 0 fully saturated rings. The van der Waals surface area contributed by atoms with Crippen LogP contribution in [0.15, 0.2) is 59.2 Å². The topological polar surface area (TPSA) is 0 Å². The van der Waals surface area contributed by atoms with Crippen LogP contribution in [0.2, 0.25) is 0 Å². The Bertz CT molecular complexity index is 1480. The van der Waals surface area contributed by atoms with Gasteiger partial charge in [0.1, 0.15) is 0 Å². The Balaban J connectivity index is 1.62. The summed E-state index contributed by atoms with van der Waals surface area (Å²) in [4.78, 5) is 0. The summed E-state index contributed by atoms with van der Waals surface area (Å²) in [6, 6.07) is 10.5. The van der Waals surface area contributed by atoms with Crippen LogP contribution in [-0.4, -0.2) is 0 Å². The monoisotopic (exact) mass is 574 g/mol. The minimum Gasteiger partial charge on any atom is -0.0885 e. The van der Waals surface area contributed by atoms with Gasteiger partial charge < -0.3 is 0 Å². The van der Waals surface area contributed by atoms with Crippen LogP contribution in [0, 0.1) is 36.5 Å².